The quantitative estimate of drug-likeness (QED) is 0.210. The molecule has 1 aliphatic heterocycles. The van der Waals surface area contributed by atoms with Crippen molar-refractivity contribution < 1.29 is 23.0 Å². The number of nitrogens with zero attached hydrogens (tertiary/aromatic N) is 6. The van der Waals surface area contributed by atoms with Gasteiger partial charge in [-0.05, 0) is 83.7 Å². The average Bonchev–Trinajstić information content (AvgIpc) is 2.99. The molecule has 0 bridgehead atoms. The Morgan fingerprint density at radius 1 is 1.06 bits per heavy atom. The Morgan fingerprint density at radius 3 is 2.44 bits per heavy atom. The van der Waals surface area contributed by atoms with Crippen LogP contribution in [0.4, 0.5) is 19.4 Å². The minimum atomic E-state index is -0.779. The Bertz CT molecular complexity index is 1900. The number of rotatable bonds is 7. The van der Waals surface area contributed by atoms with Crippen LogP contribution in [0.15, 0.2) is 41.3 Å². The first-order chi connectivity index (χ1) is 22.6. The molecule has 1 aliphatic rings. The van der Waals surface area contributed by atoms with Crippen molar-refractivity contribution in [2.24, 2.45) is 0 Å². The van der Waals surface area contributed by atoms with Gasteiger partial charge in [0.05, 0.1) is 29.5 Å². The van der Waals surface area contributed by atoms with Gasteiger partial charge in [0.15, 0.2) is 5.65 Å². The lowest BCUT2D eigenvalue weighted by Crippen LogP contribution is -2.55. The zero-order chi connectivity index (χ0) is 35.1. The summed E-state index contributed by atoms with van der Waals surface area (Å²) >= 11 is 0. The summed E-state index contributed by atoms with van der Waals surface area (Å²) in [7, 11) is 0. The van der Waals surface area contributed by atoms with Crippen molar-refractivity contribution in [2.75, 3.05) is 24.5 Å². The Kier molecular flexibility index (Phi) is 9.87. The second-order valence-electron chi connectivity index (χ2n) is 13.9. The van der Waals surface area contributed by atoms with E-state index in [2.05, 4.69) is 9.97 Å². The summed E-state index contributed by atoms with van der Waals surface area (Å²) in [5, 5.41) is 0.266. The molecule has 10 nitrogen and oxygen atoms in total. The first kappa shape index (κ1) is 34.9. The van der Waals surface area contributed by atoms with Crippen LogP contribution in [-0.4, -0.2) is 67.9 Å². The van der Waals surface area contributed by atoms with Crippen molar-refractivity contribution in [3.63, 3.8) is 0 Å². The number of amides is 1. The highest BCUT2D eigenvalue weighted by atomic mass is 19.1. The highest BCUT2D eigenvalue weighted by Gasteiger charge is 2.33. The van der Waals surface area contributed by atoms with Crippen LogP contribution in [0.1, 0.15) is 78.1 Å². The monoisotopic (exact) mass is 662 g/mol. The van der Waals surface area contributed by atoms with Gasteiger partial charge in [-0.15, -0.1) is 0 Å². The summed E-state index contributed by atoms with van der Waals surface area (Å²) in [5.41, 5.74) is 0.826. The summed E-state index contributed by atoms with van der Waals surface area (Å²) in [4.78, 5) is 44.4. The van der Waals surface area contributed by atoms with Crippen molar-refractivity contribution in [2.45, 2.75) is 92.6 Å². The normalized spacial score (nSPS) is 15.6. The number of pyridine rings is 2. The van der Waals surface area contributed by atoms with Gasteiger partial charge < -0.3 is 19.3 Å². The van der Waals surface area contributed by atoms with Crippen LogP contribution in [0.3, 0.4) is 0 Å². The predicted octanol–water partition coefficient (Wildman–Crippen LogP) is 6.92. The fourth-order valence-corrected chi connectivity index (χ4v) is 5.96. The second-order valence-corrected chi connectivity index (χ2v) is 13.9. The zero-order valence-electron chi connectivity index (χ0n) is 29.1. The largest absolute Gasteiger partial charge is 0.444 e. The van der Waals surface area contributed by atoms with E-state index >= 15 is 8.78 Å². The van der Waals surface area contributed by atoms with E-state index in [9.17, 15) is 9.59 Å². The molecule has 1 atom stereocenters. The molecular formula is C36H44F2N6O4. The minimum Gasteiger partial charge on any atom is -0.444 e. The predicted molar refractivity (Wildman–Crippen MR) is 182 cm³/mol. The first-order valence-electron chi connectivity index (χ1n) is 16.3. The highest BCUT2D eigenvalue weighted by Crippen LogP contribution is 2.35. The number of benzene rings is 1. The number of ether oxygens (including phenoxy) is 2. The van der Waals surface area contributed by atoms with Crippen LogP contribution in [0, 0.1) is 18.6 Å². The van der Waals surface area contributed by atoms with Gasteiger partial charge in [0, 0.05) is 37.4 Å². The second kappa shape index (κ2) is 13.6. The van der Waals surface area contributed by atoms with Crippen molar-refractivity contribution in [3.8, 4) is 16.9 Å². The number of halogens is 2. The molecule has 3 aromatic heterocycles. The molecule has 0 saturated carbocycles. The Hall–Kier alpha value is -4.45. The number of anilines is 1. The van der Waals surface area contributed by atoms with E-state index in [-0.39, 0.29) is 52.8 Å². The van der Waals surface area contributed by atoms with Crippen LogP contribution in [0.25, 0.3) is 28.0 Å². The van der Waals surface area contributed by atoms with Crippen molar-refractivity contribution in [1.29, 1.82) is 0 Å². The van der Waals surface area contributed by atoms with Crippen LogP contribution in [-0.2, 0) is 16.1 Å². The molecule has 0 radical (unpaired) electrons. The number of piperazine rings is 1. The standard InChI is InChI=1S/C36H44F2N6O4/c1-20(2)29-31(22(5)13-14-39-29)44-33-25(17-27(38)30(40-33)28-24(19-47-21(3)4)11-10-12-26(28)37)32(41-34(44)45)43-16-15-42(18-23(43)6)35(46)48-36(7,8)9/h10-14,17,20-21,23H,15-16,18-19H2,1-9H3/t23-/m0/s1. The molecule has 0 N–H and O–H groups in total. The molecule has 4 aromatic rings. The number of fused-ring (bicyclic) bond motifs is 1. The maximum atomic E-state index is 16.4. The maximum Gasteiger partial charge on any atom is 0.410 e. The van der Waals surface area contributed by atoms with Crippen LogP contribution >= 0.6 is 0 Å². The van der Waals surface area contributed by atoms with Crippen LogP contribution in [0.5, 0.6) is 0 Å². The molecule has 0 unspecified atom stereocenters. The SMILES string of the molecule is Cc1ccnc(C(C)C)c1-n1c(=O)nc(N2CCN(C(=O)OC(C)(C)C)C[C@@H]2C)c2cc(F)c(-c3c(F)cccc3COC(C)C)nc21. The molecule has 1 aromatic carbocycles. The van der Waals surface area contributed by atoms with Gasteiger partial charge in [-0.25, -0.2) is 27.9 Å². The third-order valence-corrected chi connectivity index (χ3v) is 8.19. The van der Waals surface area contributed by atoms with Gasteiger partial charge in [-0.1, -0.05) is 26.0 Å². The lowest BCUT2D eigenvalue weighted by Gasteiger charge is -2.41. The Balaban J connectivity index is 1.75. The summed E-state index contributed by atoms with van der Waals surface area (Å²) in [6.45, 7) is 17.8. The van der Waals surface area contributed by atoms with Gasteiger partial charge in [0.25, 0.3) is 0 Å². The summed E-state index contributed by atoms with van der Waals surface area (Å²) < 4.78 is 44.7. The fraction of sp³-hybridized carbons (Fsp3) is 0.472. The van der Waals surface area contributed by atoms with E-state index in [0.29, 0.717) is 36.6 Å². The fourth-order valence-electron chi connectivity index (χ4n) is 5.96. The van der Waals surface area contributed by atoms with Gasteiger partial charge >= 0.3 is 11.8 Å². The number of carbonyl (C=O) groups excluding carboxylic acids is 1. The molecule has 4 heterocycles. The van der Waals surface area contributed by atoms with E-state index in [0.717, 1.165) is 5.56 Å². The van der Waals surface area contributed by atoms with Crippen molar-refractivity contribution >= 4 is 22.9 Å². The van der Waals surface area contributed by atoms with Crippen molar-refractivity contribution in [1.82, 2.24) is 24.4 Å². The number of carbonyl (C=O) groups is 1. The molecule has 0 aliphatic carbocycles. The Morgan fingerprint density at radius 2 is 1.79 bits per heavy atom. The van der Waals surface area contributed by atoms with Crippen LogP contribution in [0.2, 0.25) is 0 Å². The molecule has 12 heteroatoms. The molecular weight excluding hydrogens is 618 g/mol. The zero-order valence-corrected chi connectivity index (χ0v) is 29.1. The third kappa shape index (κ3) is 7.03. The number of aromatic nitrogens is 4. The third-order valence-electron chi connectivity index (χ3n) is 8.19. The lowest BCUT2D eigenvalue weighted by molar-refractivity contribution is 0.0218. The van der Waals surface area contributed by atoms with E-state index in [1.165, 1.54) is 16.7 Å². The number of hydrogen-bond donors (Lipinski definition) is 0. The van der Waals surface area contributed by atoms with E-state index in [4.69, 9.17) is 14.5 Å². The highest BCUT2D eigenvalue weighted by molar-refractivity contribution is 5.91. The molecule has 48 heavy (non-hydrogen) atoms. The Labute approximate surface area is 279 Å². The average molecular weight is 663 g/mol. The van der Waals surface area contributed by atoms with E-state index < -0.39 is 29.0 Å². The molecule has 0 spiro atoms. The topological polar surface area (TPSA) is 103 Å². The lowest BCUT2D eigenvalue weighted by atomic mass is 10.0. The molecule has 1 fully saturated rings. The first-order valence-corrected chi connectivity index (χ1v) is 16.3. The summed E-state index contributed by atoms with van der Waals surface area (Å²) in [6.07, 6.45) is 1.10. The van der Waals surface area contributed by atoms with E-state index in [1.807, 2.05) is 67.2 Å². The smallest absolute Gasteiger partial charge is 0.410 e. The van der Waals surface area contributed by atoms with Gasteiger partial charge in [-0.2, -0.15) is 4.98 Å². The minimum absolute atomic E-state index is 0.0387. The molecule has 1 saturated heterocycles. The van der Waals surface area contributed by atoms with Crippen LogP contribution < -0.4 is 10.6 Å². The molecule has 5 rings (SSSR count). The van der Waals surface area contributed by atoms with Gasteiger partial charge in [0.1, 0.15) is 28.7 Å². The summed E-state index contributed by atoms with van der Waals surface area (Å²) in [5.74, 6) is -1.29. The number of aryl methyl sites for hydroxylation is 1. The molecule has 256 valence electrons. The molecule has 1 amide bonds. The maximum absolute atomic E-state index is 16.4. The van der Waals surface area contributed by atoms with Crippen molar-refractivity contribution in [3.05, 3.63) is 75.5 Å². The van der Waals surface area contributed by atoms with E-state index in [1.54, 1.807) is 29.3 Å². The van der Waals surface area contributed by atoms with Gasteiger partial charge in [0.2, 0.25) is 0 Å². The summed E-state index contributed by atoms with van der Waals surface area (Å²) in [6, 6.07) is 7.21. The van der Waals surface area contributed by atoms with Gasteiger partial charge in [-0.3, -0.25) is 4.98 Å². The number of hydrogen-bond acceptors (Lipinski definition) is 8.